The summed E-state index contributed by atoms with van der Waals surface area (Å²) in [5, 5.41) is 1.46. The third kappa shape index (κ3) is 5.38. The van der Waals surface area contributed by atoms with Crippen LogP contribution in [0.2, 0.25) is 0 Å². The number of carbonyl (C=O) groups is 1. The molecular formula is C27H39N3O2S. The molecule has 0 spiro atoms. The van der Waals surface area contributed by atoms with Crippen LogP contribution in [-0.2, 0) is 9.53 Å². The number of benzene rings is 1. The molecule has 0 N–H and O–H groups in total. The van der Waals surface area contributed by atoms with Gasteiger partial charge in [0.05, 0.1) is 10.8 Å². The second kappa shape index (κ2) is 10.5. The molecule has 33 heavy (non-hydrogen) atoms. The fourth-order valence-electron chi connectivity index (χ4n) is 4.54. The third-order valence-electron chi connectivity index (χ3n) is 6.79. The van der Waals surface area contributed by atoms with Crippen molar-refractivity contribution in [2.45, 2.75) is 72.3 Å². The number of ether oxygens (including phenoxy) is 1. The van der Waals surface area contributed by atoms with Crippen molar-refractivity contribution in [2.24, 2.45) is 0 Å². The molecule has 0 aliphatic carbocycles. The minimum atomic E-state index is -0.376. The lowest BCUT2D eigenvalue weighted by atomic mass is 9.97. The molecule has 3 heterocycles. The van der Waals surface area contributed by atoms with Gasteiger partial charge in [0.25, 0.3) is 0 Å². The van der Waals surface area contributed by atoms with Crippen molar-refractivity contribution >= 4 is 33.5 Å². The smallest absolute Gasteiger partial charge is 0.219 e. The van der Waals surface area contributed by atoms with Gasteiger partial charge in [-0.1, -0.05) is 37.7 Å². The maximum Gasteiger partial charge on any atom is 0.219 e. The molecule has 2 aromatic rings. The number of anilines is 1. The van der Waals surface area contributed by atoms with E-state index in [1.807, 2.05) is 27.0 Å². The van der Waals surface area contributed by atoms with Crippen LogP contribution in [0.3, 0.4) is 0 Å². The Balaban J connectivity index is 0.00000149. The molecule has 4 rings (SSSR count). The molecule has 1 aromatic carbocycles. The molecule has 0 saturated carbocycles. The van der Waals surface area contributed by atoms with Gasteiger partial charge in [0, 0.05) is 55.1 Å². The Labute approximate surface area is 203 Å². The molecule has 2 aliphatic heterocycles. The summed E-state index contributed by atoms with van der Waals surface area (Å²) >= 11 is 1.36. The average molecular weight is 470 g/mol. The first-order valence-electron chi connectivity index (χ1n) is 12.1. The van der Waals surface area contributed by atoms with Gasteiger partial charge in [-0.25, -0.2) is 0 Å². The molecule has 2 aliphatic rings. The number of aryl methyl sites for hydroxylation is 1. The Hall–Kier alpha value is -2.05. The molecule has 1 fully saturated rings. The van der Waals surface area contributed by atoms with E-state index in [4.69, 9.17) is 4.74 Å². The Kier molecular flexibility index (Phi) is 8.12. The lowest BCUT2D eigenvalue weighted by Gasteiger charge is -2.45. The highest BCUT2D eigenvalue weighted by Crippen LogP contribution is 2.38. The highest BCUT2D eigenvalue weighted by Gasteiger charge is 2.38. The predicted octanol–water partition coefficient (Wildman–Crippen LogP) is 5.81. The fraction of sp³-hybridized carbons (Fsp3) is 0.556. The third-order valence-corrected chi connectivity index (χ3v) is 7.87. The number of fused-ring (bicyclic) bond motifs is 1. The minimum Gasteiger partial charge on any atom is -0.489 e. The summed E-state index contributed by atoms with van der Waals surface area (Å²) in [4.78, 5) is 21.6. The predicted molar refractivity (Wildman–Crippen MR) is 141 cm³/mol. The first-order chi connectivity index (χ1) is 15.7. The molecule has 180 valence electrons. The number of carbonyl (C=O) groups excluding carboxylic acids is 1. The van der Waals surface area contributed by atoms with E-state index in [0.29, 0.717) is 0 Å². The Bertz CT molecular complexity index is 1030. The van der Waals surface area contributed by atoms with Crippen molar-refractivity contribution in [3.8, 4) is 0 Å². The minimum absolute atomic E-state index is 0.0967. The van der Waals surface area contributed by atoms with Crippen LogP contribution < -0.4 is 4.90 Å². The lowest BCUT2D eigenvalue weighted by molar-refractivity contribution is -0.108. The van der Waals surface area contributed by atoms with Gasteiger partial charge in [-0.2, -0.15) is 0 Å². The van der Waals surface area contributed by atoms with Crippen molar-refractivity contribution < 1.29 is 9.53 Å². The number of aromatic nitrogens is 1. The number of rotatable bonds is 5. The SMILES string of the molecule is CC.CC1=C(OC(C)(C)C(C)N2CCN(c3ccnc4cc(C)ccc34)CC2)C(C)SC1=O. The first-order valence-corrected chi connectivity index (χ1v) is 13.0. The molecule has 6 heteroatoms. The van der Waals surface area contributed by atoms with Crippen molar-refractivity contribution in [1.82, 2.24) is 9.88 Å². The van der Waals surface area contributed by atoms with Crippen LogP contribution in [0.1, 0.15) is 54.0 Å². The van der Waals surface area contributed by atoms with Crippen molar-refractivity contribution in [2.75, 3.05) is 31.1 Å². The van der Waals surface area contributed by atoms with Gasteiger partial charge in [0.2, 0.25) is 5.12 Å². The maximum absolute atomic E-state index is 12.0. The van der Waals surface area contributed by atoms with Crippen LogP contribution in [0, 0.1) is 6.92 Å². The molecule has 0 radical (unpaired) electrons. The Morgan fingerprint density at radius 1 is 1.12 bits per heavy atom. The van der Waals surface area contributed by atoms with Gasteiger partial charge in [0.1, 0.15) is 11.4 Å². The second-order valence-corrected chi connectivity index (χ2v) is 10.6. The first kappa shape index (κ1) is 25.6. The summed E-state index contributed by atoms with van der Waals surface area (Å²) in [6.45, 7) is 20.5. The van der Waals surface area contributed by atoms with E-state index >= 15 is 0 Å². The van der Waals surface area contributed by atoms with Gasteiger partial charge >= 0.3 is 0 Å². The fourth-order valence-corrected chi connectivity index (χ4v) is 5.48. The largest absolute Gasteiger partial charge is 0.489 e. The van der Waals surface area contributed by atoms with Gasteiger partial charge < -0.3 is 9.64 Å². The zero-order valence-electron chi connectivity index (χ0n) is 21.4. The molecule has 1 aromatic heterocycles. The summed E-state index contributed by atoms with van der Waals surface area (Å²) in [7, 11) is 0. The summed E-state index contributed by atoms with van der Waals surface area (Å²) in [6.07, 6.45) is 1.92. The van der Waals surface area contributed by atoms with Crippen LogP contribution in [0.15, 0.2) is 41.8 Å². The zero-order valence-corrected chi connectivity index (χ0v) is 22.3. The quantitative estimate of drug-likeness (QED) is 0.551. The van der Waals surface area contributed by atoms with Crippen LogP contribution in [0.5, 0.6) is 0 Å². The summed E-state index contributed by atoms with van der Waals surface area (Å²) in [5.41, 5.74) is 3.95. The summed E-state index contributed by atoms with van der Waals surface area (Å²) in [5.74, 6) is 0.851. The van der Waals surface area contributed by atoms with E-state index in [1.165, 1.54) is 28.4 Å². The van der Waals surface area contributed by atoms with Crippen LogP contribution >= 0.6 is 11.8 Å². The number of piperazine rings is 1. The number of hydrogen-bond acceptors (Lipinski definition) is 6. The Morgan fingerprint density at radius 2 is 1.79 bits per heavy atom. The number of thioether (sulfide) groups is 1. The molecular weight excluding hydrogens is 430 g/mol. The van der Waals surface area contributed by atoms with Gasteiger partial charge in [-0.15, -0.1) is 0 Å². The summed E-state index contributed by atoms with van der Waals surface area (Å²) in [6, 6.07) is 8.88. The van der Waals surface area contributed by atoms with Crippen molar-refractivity contribution in [1.29, 1.82) is 0 Å². The van der Waals surface area contributed by atoms with Gasteiger partial charge in [-0.05, 0) is 59.2 Å². The van der Waals surface area contributed by atoms with Crippen LogP contribution in [0.25, 0.3) is 10.9 Å². The molecule has 0 bridgehead atoms. The van der Waals surface area contributed by atoms with Gasteiger partial charge in [-0.3, -0.25) is 14.7 Å². The monoisotopic (exact) mass is 469 g/mol. The maximum atomic E-state index is 12.0. The van der Waals surface area contributed by atoms with Crippen LogP contribution in [-0.4, -0.2) is 58.1 Å². The van der Waals surface area contributed by atoms with E-state index < -0.39 is 0 Å². The molecule has 2 atom stereocenters. The van der Waals surface area contributed by atoms with E-state index in [2.05, 4.69) is 73.7 Å². The number of nitrogens with zero attached hydrogens (tertiary/aromatic N) is 3. The number of pyridine rings is 1. The van der Waals surface area contributed by atoms with E-state index in [-0.39, 0.29) is 22.0 Å². The topological polar surface area (TPSA) is 45.7 Å². The van der Waals surface area contributed by atoms with Crippen molar-refractivity contribution in [3.63, 3.8) is 0 Å². The summed E-state index contributed by atoms with van der Waals surface area (Å²) < 4.78 is 6.46. The zero-order chi connectivity index (χ0) is 24.3. The molecule has 5 nitrogen and oxygen atoms in total. The van der Waals surface area contributed by atoms with E-state index in [0.717, 1.165) is 43.0 Å². The van der Waals surface area contributed by atoms with E-state index in [9.17, 15) is 4.79 Å². The normalized spacial score (nSPS) is 20.7. The van der Waals surface area contributed by atoms with Crippen molar-refractivity contribution in [3.05, 3.63) is 47.4 Å². The highest BCUT2D eigenvalue weighted by atomic mass is 32.2. The average Bonchev–Trinajstić information content (AvgIpc) is 3.05. The van der Waals surface area contributed by atoms with Gasteiger partial charge in [0.15, 0.2) is 0 Å². The molecule has 0 amide bonds. The standard InChI is InChI=1S/C25H33N3O2S.C2H6/c1-16-7-8-20-21(15-16)26-10-9-22(20)28-13-11-27(12-14-28)19(4)25(5,6)30-23-17(2)24(29)31-18(23)3;1-2/h7-10,15,18-19H,11-14H2,1-6H3;1-2H3. The second-order valence-electron chi connectivity index (χ2n) is 9.29. The lowest BCUT2D eigenvalue weighted by Crippen LogP contribution is -2.56. The highest BCUT2D eigenvalue weighted by molar-refractivity contribution is 8.15. The molecule has 2 unspecified atom stereocenters. The molecule has 1 saturated heterocycles. The van der Waals surface area contributed by atoms with E-state index in [1.54, 1.807) is 0 Å². The Morgan fingerprint density at radius 3 is 2.39 bits per heavy atom. The number of hydrogen-bond donors (Lipinski definition) is 0. The van der Waals surface area contributed by atoms with Crippen LogP contribution in [0.4, 0.5) is 5.69 Å².